The molecule has 0 aliphatic heterocycles. The molecule has 2 nitrogen and oxygen atoms in total. The molecule has 1 aromatic heterocycles. The van der Waals surface area contributed by atoms with Gasteiger partial charge in [-0.1, -0.05) is 25.1 Å². The van der Waals surface area contributed by atoms with Gasteiger partial charge in [0.05, 0.1) is 6.04 Å². The van der Waals surface area contributed by atoms with E-state index in [9.17, 15) is 0 Å². The monoisotopic (exact) mass is 255 g/mol. The van der Waals surface area contributed by atoms with Gasteiger partial charge in [-0.2, -0.15) is 0 Å². The summed E-state index contributed by atoms with van der Waals surface area (Å²) in [5.41, 5.74) is 2.26. The molecule has 0 aliphatic carbocycles. The van der Waals surface area contributed by atoms with Gasteiger partial charge in [0.1, 0.15) is 11.3 Å². The summed E-state index contributed by atoms with van der Waals surface area (Å²) in [6.07, 6.45) is 7.05. The summed E-state index contributed by atoms with van der Waals surface area (Å²) < 4.78 is 6.02. The quantitative estimate of drug-likeness (QED) is 0.815. The highest BCUT2D eigenvalue weighted by Crippen LogP contribution is 2.30. The predicted octanol–water partition coefficient (Wildman–Crippen LogP) is 4.06. The molecule has 0 fully saturated rings. The Kier molecular flexibility index (Phi) is 4.29. The number of furan rings is 1. The van der Waals surface area contributed by atoms with Crippen molar-refractivity contribution in [1.29, 1.82) is 0 Å². The number of para-hydroxylation sites is 1. The molecule has 0 spiro atoms. The third-order valence-electron chi connectivity index (χ3n) is 3.43. The smallest absolute Gasteiger partial charge is 0.134 e. The van der Waals surface area contributed by atoms with Crippen molar-refractivity contribution < 1.29 is 4.42 Å². The van der Waals surface area contributed by atoms with Gasteiger partial charge >= 0.3 is 0 Å². The highest BCUT2D eigenvalue weighted by molar-refractivity contribution is 5.82. The van der Waals surface area contributed by atoms with Crippen molar-refractivity contribution in [3.05, 3.63) is 35.6 Å². The van der Waals surface area contributed by atoms with Crippen LogP contribution in [0.1, 0.15) is 44.6 Å². The molecule has 1 N–H and O–H groups in total. The zero-order chi connectivity index (χ0) is 13.8. The maximum atomic E-state index is 6.02. The lowest BCUT2D eigenvalue weighted by molar-refractivity contribution is 0.411. The van der Waals surface area contributed by atoms with Crippen LogP contribution in [0.3, 0.4) is 0 Å². The second-order valence-electron chi connectivity index (χ2n) is 4.99. The molecule has 2 atom stereocenters. The lowest BCUT2D eigenvalue weighted by atomic mass is 10.0. The Hall–Kier alpha value is -1.72. The number of aryl methyl sites for hydroxylation is 1. The van der Waals surface area contributed by atoms with Gasteiger partial charge < -0.3 is 9.73 Å². The minimum atomic E-state index is 0.172. The summed E-state index contributed by atoms with van der Waals surface area (Å²) in [6.45, 7) is 6.40. The standard InChI is InChI=1S/C17H21NO/c1-5-9-12(3)18-13(4)17-14(6-2)15-10-7-8-11-16(15)19-17/h1,7-8,10-13,18H,6,9H2,2-4H3. The first kappa shape index (κ1) is 13.7. The third kappa shape index (κ3) is 2.83. The SMILES string of the molecule is C#CCC(C)NC(C)c1oc2ccccc2c1CC. The van der Waals surface area contributed by atoms with E-state index in [0.717, 1.165) is 24.2 Å². The lowest BCUT2D eigenvalue weighted by Gasteiger charge is -2.17. The molecule has 0 bridgehead atoms. The molecule has 100 valence electrons. The summed E-state index contributed by atoms with van der Waals surface area (Å²) in [4.78, 5) is 0. The van der Waals surface area contributed by atoms with Crippen LogP contribution in [0.5, 0.6) is 0 Å². The van der Waals surface area contributed by atoms with Crippen molar-refractivity contribution in [2.24, 2.45) is 0 Å². The molecular formula is C17H21NO. The maximum absolute atomic E-state index is 6.02. The largest absolute Gasteiger partial charge is 0.459 e. The molecule has 2 rings (SSSR count). The number of hydrogen-bond donors (Lipinski definition) is 1. The topological polar surface area (TPSA) is 25.2 Å². The number of nitrogens with one attached hydrogen (secondary N) is 1. The number of benzene rings is 1. The van der Waals surface area contributed by atoms with E-state index in [-0.39, 0.29) is 12.1 Å². The van der Waals surface area contributed by atoms with Gasteiger partial charge in [-0.05, 0) is 26.3 Å². The number of hydrogen-bond acceptors (Lipinski definition) is 2. The molecule has 19 heavy (non-hydrogen) atoms. The number of fused-ring (bicyclic) bond motifs is 1. The first-order chi connectivity index (χ1) is 9.17. The molecule has 0 saturated carbocycles. The first-order valence-electron chi connectivity index (χ1n) is 6.87. The van der Waals surface area contributed by atoms with Crippen LogP contribution in [0.4, 0.5) is 0 Å². The van der Waals surface area contributed by atoms with Crippen molar-refractivity contribution >= 4 is 11.0 Å². The molecule has 0 amide bonds. The summed E-state index contributed by atoms with van der Waals surface area (Å²) in [6, 6.07) is 8.67. The zero-order valence-electron chi connectivity index (χ0n) is 11.9. The Morgan fingerprint density at radius 3 is 2.74 bits per heavy atom. The van der Waals surface area contributed by atoms with Gasteiger partial charge in [0.25, 0.3) is 0 Å². The second kappa shape index (κ2) is 5.95. The molecule has 2 aromatic rings. The Morgan fingerprint density at radius 1 is 1.32 bits per heavy atom. The fourth-order valence-electron chi connectivity index (χ4n) is 2.57. The summed E-state index contributed by atoms with van der Waals surface area (Å²) >= 11 is 0. The van der Waals surface area contributed by atoms with Crippen LogP contribution >= 0.6 is 0 Å². The fraction of sp³-hybridized carbons (Fsp3) is 0.412. The van der Waals surface area contributed by atoms with E-state index in [4.69, 9.17) is 10.8 Å². The highest BCUT2D eigenvalue weighted by Gasteiger charge is 2.19. The van der Waals surface area contributed by atoms with E-state index < -0.39 is 0 Å². The second-order valence-corrected chi connectivity index (χ2v) is 4.99. The van der Waals surface area contributed by atoms with Crippen molar-refractivity contribution in [1.82, 2.24) is 5.32 Å². The molecule has 1 aromatic carbocycles. The van der Waals surface area contributed by atoms with E-state index in [1.165, 1.54) is 10.9 Å². The van der Waals surface area contributed by atoms with Crippen LogP contribution < -0.4 is 5.32 Å². The highest BCUT2D eigenvalue weighted by atomic mass is 16.3. The third-order valence-corrected chi connectivity index (χ3v) is 3.43. The van der Waals surface area contributed by atoms with Gasteiger partial charge in [0.2, 0.25) is 0 Å². The van der Waals surface area contributed by atoms with Crippen molar-refractivity contribution in [3.63, 3.8) is 0 Å². The molecule has 0 radical (unpaired) electrons. The average molecular weight is 255 g/mol. The van der Waals surface area contributed by atoms with Crippen LogP contribution in [0.15, 0.2) is 28.7 Å². The maximum Gasteiger partial charge on any atom is 0.134 e. The van der Waals surface area contributed by atoms with Gasteiger partial charge in [0, 0.05) is 23.4 Å². The molecule has 0 saturated heterocycles. The van der Waals surface area contributed by atoms with E-state index >= 15 is 0 Å². The van der Waals surface area contributed by atoms with Crippen molar-refractivity contribution in [3.8, 4) is 12.3 Å². The minimum Gasteiger partial charge on any atom is -0.459 e. The zero-order valence-corrected chi connectivity index (χ0v) is 11.9. The first-order valence-corrected chi connectivity index (χ1v) is 6.87. The Balaban J connectivity index is 2.31. The van der Waals surface area contributed by atoms with Gasteiger partial charge in [-0.15, -0.1) is 12.3 Å². The summed E-state index contributed by atoms with van der Waals surface area (Å²) in [5, 5.41) is 4.72. The summed E-state index contributed by atoms with van der Waals surface area (Å²) in [5.74, 6) is 3.72. The van der Waals surface area contributed by atoms with E-state index in [0.29, 0.717) is 0 Å². The van der Waals surface area contributed by atoms with E-state index in [1.54, 1.807) is 0 Å². The Morgan fingerprint density at radius 2 is 2.05 bits per heavy atom. The van der Waals surface area contributed by atoms with E-state index in [1.807, 2.05) is 12.1 Å². The van der Waals surface area contributed by atoms with E-state index in [2.05, 4.69) is 44.1 Å². The molecule has 1 heterocycles. The number of terminal acetylenes is 1. The van der Waals surface area contributed by atoms with Crippen LogP contribution in [0, 0.1) is 12.3 Å². The van der Waals surface area contributed by atoms with Crippen molar-refractivity contribution in [2.75, 3.05) is 0 Å². The summed E-state index contributed by atoms with van der Waals surface area (Å²) in [7, 11) is 0. The van der Waals surface area contributed by atoms with Crippen LogP contribution in [0.25, 0.3) is 11.0 Å². The van der Waals surface area contributed by atoms with Crippen LogP contribution in [-0.2, 0) is 6.42 Å². The predicted molar refractivity (Wildman–Crippen MR) is 80.1 cm³/mol. The molecular weight excluding hydrogens is 234 g/mol. The molecule has 2 heteroatoms. The number of rotatable bonds is 5. The van der Waals surface area contributed by atoms with Crippen LogP contribution in [-0.4, -0.2) is 6.04 Å². The Labute approximate surface area is 115 Å². The fourth-order valence-corrected chi connectivity index (χ4v) is 2.57. The normalized spacial score (nSPS) is 14.2. The average Bonchev–Trinajstić information content (AvgIpc) is 2.77. The van der Waals surface area contributed by atoms with Crippen LogP contribution in [0.2, 0.25) is 0 Å². The van der Waals surface area contributed by atoms with Gasteiger partial charge in [-0.3, -0.25) is 0 Å². The minimum absolute atomic E-state index is 0.172. The lowest BCUT2D eigenvalue weighted by Crippen LogP contribution is -2.28. The van der Waals surface area contributed by atoms with Gasteiger partial charge in [-0.25, -0.2) is 0 Å². The Bertz CT molecular complexity index is 591. The molecule has 0 aliphatic rings. The van der Waals surface area contributed by atoms with Crippen molar-refractivity contribution in [2.45, 2.75) is 45.7 Å². The molecule has 2 unspecified atom stereocenters. The van der Waals surface area contributed by atoms with Gasteiger partial charge in [0.15, 0.2) is 0 Å².